The fraction of sp³-hybridized carbons (Fsp3) is 0.632. The van der Waals surface area contributed by atoms with E-state index in [4.69, 9.17) is 15.2 Å². The maximum Gasteiger partial charge on any atom is 0.272 e. The van der Waals surface area contributed by atoms with E-state index in [1.54, 1.807) is 12.0 Å². The van der Waals surface area contributed by atoms with Crippen LogP contribution in [0, 0.1) is 0 Å². The van der Waals surface area contributed by atoms with Gasteiger partial charge in [-0.2, -0.15) is 0 Å². The van der Waals surface area contributed by atoms with Gasteiger partial charge in [-0.25, -0.2) is 13.8 Å². The topological polar surface area (TPSA) is 60.1 Å². The number of nitrogens with zero attached hydrogens (tertiary/aromatic N) is 2. The van der Waals surface area contributed by atoms with Crippen molar-refractivity contribution in [3.05, 3.63) is 17.7 Å². The zero-order chi connectivity index (χ0) is 18.6. The van der Waals surface area contributed by atoms with Crippen LogP contribution in [0.15, 0.2) is 17.1 Å². The summed E-state index contributed by atoms with van der Waals surface area (Å²) in [7, 11) is 1.61. The number of hydrogen-bond donors (Lipinski definition) is 1. The van der Waals surface area contributed by atoms with Crippen LogP contribution in [0.5, 0.6) is 11.5 Å². The lowest BCUT2D eigenvalue weighted by Gasteiger charge is -2.38. The van der Waals surface area contributed by atoms with Gasteiger partial charge in [0.25, 0.3) is 5.92 Å². The third-order valence-electron chi connectivity index (χ3n) is 4.79. The number of alkyl halides is 2. The Morgan fingerprint density at radius 3 is 2.65 bits per heavy atom. The molecule has 1 fully saturated rings. The molecular weight excluding hydrogens is 340 g/mol. The van der Waals surface area contributed by atoms with Crippen LogP contribution < -0.4 is 15.2 Å². The van der Waals surface area contributed by atoms with Crippen LogP contribution in [0.4, 0.5) is 14.5 Å². The monoisotopic (exact) mass is 367 g/mol. The van der Waals surface area contributed by atoms with Crippen molar-refractivity contribution >= 4 is 11.5 Å². The van der Waals surface area contributed by atoms with Crippen LogP contribution in [0.3, 0.4) is 0 Å². The van der Waals surface area contributed by atoms with Crippen LogP contribution in [0.1, 0.15) is 37.7 Å². The van der Waals surface area contributed by atoms with E-state index >= 15 is 0 Å². The van der Waals surface area contributed by atoms with Gasteiger partial charge >= 0.3 is 0 Å². The van der Waals surface area contributed by atoms with E-state index in [0.29, 0.717) is 36.9 Å². The molecule has 2 N–H and O–H groups in total. The van der Waals surface area contributed by atoms with E-state index in [0.717, 1.165) is 43.4 Å². The van der Waals surface area contributed by atoms with Gasteiger partial charge in [-0.15, -0.1) is 0 Å². The number of halogens is 2. The average molecular weight is 367 g/mol. The number of ether oxygens (including phenoxy) is 2. The lowest BCUT2D eigenvalue weighted by atomic mass is 10.0. The summed E-state index contributed by atoms with van der Waals surface area (Å²) in [6.45, 7) is 0.747. The molecule has 5 nitrogen and oxygen atoms in total. The highest BCUT2D eigenvalue weighted by atomic mass is 19.3. The fourth-order valence-electron chi connectivity index (χ4n) is 3.41. The molecule has 2 aliphatic rings. The third-order valence-corrected chi connectivity index (χ3v) is 4.79. The lowest BCUT2D eigenvalue weighted by molar-refractivity contribution is -0.130. The predicted molar refractivity (Wildman–Crippen MR) is 97.9 cm³/mol. The van der Waals surface area contributed by atoms with Gasteiger partial charge in [0.05, 0.1) is 38.3 Å². The molecule has 0 aromatic heterocycles. The van der Waals surface area contributed by atoms with Gasteiger partial charge in [0.2, 0.25) is 0 Å². The second-order valence-electron chi connectivity index (χ2n) is 7.06. The first-order valence-corrected chi connectivity index (χ1v) is 9.24. The number of fused-ring (bicyclic) bond motifs is 1. The summed E-state index contributed by atoms with van der Waals surface area (Å²) in [5.74, 6) is -0.581. The highest BCUT2D eigenvalue weighted by molar-refractivity contribution is 5.84. The summed E-state index contributed by atoms with van der Waals surface area (Å²) in [4.78, 5) is 6.29. The molecule has 1 saturated heterocycles. The predicted octanol–water partition coefficient (Wildman–Crippen LogP) is 3.52. The second kappa shape index (κ2) is 8.20. The standard InChI is InChI=1S/C19H27F2N3O2/c1-25-16-10-14-6-3-2-4-7-18(22)23-15(14)11-17(16)26-9-5-8-24-12-19(20,21)13-24/h10-11H,2-9,12-13H2,1H3,(H2,22,23). The Labute approximate surface area is 153 Å². The van der Waals surface area contributed by atoms with Crippen LogP contribution >= 0.6 is 0 Å². The maximum absolute atomic E-state index is 12.8. The molecule has 2 aliphatic heterocycles. The molecule has 0 spiro atoms. The fourth-order valence-corrected chi connectivity index (χ4v) is 3.41. The largest absolute Gasteiger partial charge is 0.493 e. The van der Waals surface area contributed by atoms with Gasteiger partial charge in [0, 0.05) is 19.0 Å². The van der Waals surface area contributed by atoms with E-state index in [1.165, 1.54) is 0 Å². The molecule has 0 radical (unpaired) electrons. The summed E-state index contributed by atoms with van der Waals surface area (Å²) in [6, 6.07) is 3.85. The normalized spacial score (nSPS) is 22.0. The van der Waals surface area contributed by atoms with Crippen LogP contribution in [0.25, 0.3) is 0 Å². The molecule has 0 unspecified atom stereocenters. The van der Waals surface area contributed by atoms with E-state index in [9.17, 15) is 8.78 Å². The molecule has 7 heteroatoms. The number of nitrogens with two attached hydrogens (primary N) is 1. The van der Waals surface area contributed by atoms with Gasteiger partial charge < -0.3 is 15.2 Å². The van der Waals surface area contributed by atoms with E-state index in [2.05, 4.69) is 4.99 Å². The third kappa shape index (κ3) is 4.84. The Bertz CT molecular complexity index is 656. The van der Waals surface area contributed by atoms with Crippen LogP contribution in [-0.2, 0) is 6.42 Å². The molecular formula is C19H27F2N3O2. The zero-order valence-corrected chi connectivity index (χ0v) is 15.3. The molecule has 26 heavy (non-hydrogen) atoms. The molecule has 1 aromatic carbocycles. The highest BCUT2D eigenvalue weighted by Crippen LogP contribution is 2.36. The Balaban J connectivity index is 1.63. The van der Waals surface area contributed by atoms with Crippen LogP contribution in [-0.4, -0.2) is 50.0 Å². The van der Waals surface area contributed by atoms with Crippen molar-refractivity contribution in [2.45, 2.75) is 44.4 Å². The van der Waals surface area contributed by atoms with E-state index < -0.39 is 5.92 Å². The molecule has 2 heterocycles. The number of likely N-dealkylation sites (tertiary alicyclic amines) is 1. The summed E-state index contributed by atoms with van der Waals surface area (Å²) in [6.07, 6.45) is 5.71. The highest BCUT2D eigenvalue weighted by Gasteiger charge is 2.43. The summed E-state index contributed by atoms with van der Waals surface area (Å²) < 4.78 is 37.0. The first-order chi connectivity index (χ1) is 12.5. The molecule has 0 bridgehead atoms. The molecule has 0 amide bonds. The summed E-state index contributed by atoms with van der Waals surface area (Å²) in [5.41, 5.74) is 7.97. The first kappa shape index (κ1) is 18.9. The Morgan fingerprint density at radius 2 is 1.92 bits per heavy atom. The average Bonchev–Trinajstić information content (AvgIpc) is 2.65. The number of aliphatic imine (C=N–C) groups is 1. The number of methoxy groups -OCH3 is 1. The van der Waals surface area contributed by atoms with Gasteiger partial charge in [0.15, 0.2) is 11.5 Å². The molecule has 1 aromatic rings. The lowest BCUT2D eigenvalue weighted by Crippen LogP contribution is -2.56. The minimum Gasteiger partial charge on any atom is -0.493 e. The molecule has 0 saturated carbocycles. The van der Waals surface area contributed by atoms with E-state index in [-0.39, 0.29) is 13.1 Å². The van der Waals surface area contributed by atoms with Crippen LogP contribution in [0.2, 0.25) is 0 Å². The molecule has 0 aliphatic carbocycles. The maximum atomic E-state index is 12.8. The van der Waals surface area contributed by atoms with Gasteiger partial charge in [-0.1, -0.05) is 6.42 Å². The number of hydrogen-bond acceptors (Lipinski definition) is 5. The van der Waals surface area contributed by atoms with Crippen molar-refractivity contribution in [3.63, 3.8) is 0 Å². The van der Waals surface area contributed by atoms with Gasteiger partial charge in [-0.3, -0.25) is 4.90 Å². The van der Waals surface area contributed by atoms with Crippen molar-refractivity contribution in [2.75, 3.05) is 33.4 Å². The first-order valence-electron chi connectivity index (χ1n) is 9.24. The summed E-state index contributed by atoms with van der Waals surface area (Å²) >= 11 is 0. The number of rotatable bonds is 6. The Kier molecular flexibility index (Phi) is 5.96. The van der Waals surface area contributed by atoms with E-state index in [1.807, 2.05) is 12.1 Å². The second-order valence-corrected chi connectivity index (χ2v) is 7.06. The smallest absolute Gasteiger partial charge is 0.272 e. The minimum atomic E-state index is -2.52. The minimum absolute atomic E-state index is 0.150. The van der Waals surface area contributed by atoms with Gasteiger partial charge in [-0.05, 0) is 37.3 Å². The van der Waals surface area contributed by atoms with Gasteiger partial charge in [0.1, 0.15) is 0 Å². The molecule has 3 rings (SSSR count). The van der Waals surface area contributed by atoms with Crippen molar-refractivity contribution in [1.82, 2.24) is 4.90 Å². The SMILES string of the molecule is COc1cc2c(cc1OCCCN1CC(F)(F)C1)/N=C(/N)CCCCC2. The van der Waals surface area contributed by atoms with Crippen molar-refractivity contribution in [1.29, 1.82) is 0 Å². The Hall–Kier alpha value is -1.89. The quantitative estimate of drug-likeness (QED) is 0.782. The number of amidine groups is 1. The van der Waals surface area contributed by atoms with Crippen molar-refractivity contribution in [3.8, 4) is 11.5 Å². The zero-order valence-electron chi connectivity index (χ0n) is 15.3. The number of aryl methyl sites for hydroxylation is 1. The van der Waals surface area contributed by atoms with Crippen molar-refractivity contribution < 1.29 is 18.3 Å². The summed E-state index contributed by atoms with van der Waals surface area (Å²) in [5, 5.41) is 0. The molecule has 0 atom stereocenters. The Morgan fingerprint density at radius 1 is 1.15 bits per heavy atom. The van der Waals surface area contributed by atoms with Crippen molar-refractivity contribution in [2.24, 2.45) is 10.7 Å². The number of benzene rings is 1. The molecule has 144 valence electrons.